The second-order valence-corrected chi connectivity index (χ2v) is 4.05. The predicted molar refractivity (Wildman–Crippen MR) is 64.0 cm³/mol. The van der Waals surface area contributed by atoms with Crippen molar-refractivity contribution in [3.05, 3.63) is 48.2 Å². The van der Waals surface area contributed by atoms with Gasteiger partial charge in [-0.05, 0) is 25.1 Å². The molecule has 1 amide bonds. The van der Waals surface area contributed by atoms with Crippen molar-refractivity contribution in [2.75, 3.05) is 0 Å². The Hall–Kier alpha value is -2.10. The first-order chi connectivity index (χ1) is 8.16. The maximum Gasteiger partial charge on any atom is 0.269 e. The van der Waals surface area contributed by atoms with E-state index in [-0.39, 0.29) is 17.7 Å². The lowest BCUT2D eigenvalue weighted by molar-refractivity contribution is -0.116. The molecule has 1 atom stereocenters. The maximum absolute atomic E-state index is 11.9. The number of nitrogens with one attached hydrogen (secondary N) is 1. The molecule has 1 aliphatic heterocycles. The fraction of sp³-hybridized carbons (Fsp3) is 0.231. The normalized spacial score (nSPS) is 19.2. The van der Waals surface area contributed by atoms with Crippen molar-refractivity contribution in [1.82, 2.24) is 10.4 Å². The maximum atomic E-state index is 11.9. The lowest BCUT2D eigenvalue weighted by Gasteiger charge is -2.30. The predicted octanol–water partition coefficient (Wildman–Crippen LogP) is 1.51. The van der Waals surface area contributed by atoms with Crippen molar-refractivity contribution in [2.45, 2.75) is 19.4 Å². The van der Waals surface area contributed by atoms with Gasteiger partial charge in [-0.1, -0.05) is 18.2 Å². The molecule has 88 valence electrons. The minimum Gasteiger partial charge on any atom is -0.295 e. The third-order valence-electron chi connectivity index (χ3n) is 2.66. The van der Waals surface area contributed by atoms with Crippen LogP contribution in [0, 0.1) is 0 Å². The molecule has 4 heteroatoms. The van der Waals surface area contributed by atoms with Crippen molar-refractivity contribution < 1.29 is 9.59 Å². The van der Waals surface area contributed by atoms with E-state index >= 15 is 0 Å². The molecule has 0 bridgehead atoms. The third-order valence-corrected chi connectivity index (χ3v) is 2.66. The minimum atomic E-state index is -0.170. The van der Waals surface area contributed by atoms with Crippen LogP contribution in [0.5, 0.6) is 0 Å². The molecule has 1 aromatic carbocycles. The Balaban J connectivity index is 2.05. The Labute approximate surface area is 99.9 Å². The molecule has 0 spiro atoms. The Morgan fingerprint density at radius 1 is 1.35 bits per heavy atom. The highest BCUT2D eigenvalue weighted by atomic mass is 16.2. The number of hydrogen-bond acceptors (Lipinski definition) is 3. The standard InChI is InChI=1S/C13H14N2O2/c1-10-9-12(16)7-8-15(10)14-13(17)11-5-3-2-4-6-11/h2-8,10H,9H2,1H3,(H,14,17). The topological polar surface area (TPSA) is 49.4 Å². The van der Waals surface area contributed by atoms with E-state index < -0.39 is 0 Å². The van der Waals surface area contributed by atoms with E-state index in [1.54, 1.807) is 23.3 Å². The lowest BCUT2D eigenvalue weighted by Crippen LogP contribution is -2.46. The van der Waals surface area contributed by atoms with Gasteiger partial charge in [0.25, 0.3) is 5.91 Å². The SMILES string of the molecule is CC1CC(=O)C=CN1NC(=O)c1ccccc1. The number of ketones is 1. The summed E-state index contributed by atoms with van der Waals surface area (Å²) in [5, 5.41) is 1.66. The summed E-state index contributed by atoms with van der Waals surface area (Å²) >= 11 is 0. The number of nitrogens with zero attached hydrogens (tertiary/aromatic N) is 1. The van der Waals surface area contributed by atoms with Crippen LogP contribution < -0.4 is 5.43 Å². The van der Waals surface area contributed by atoms with Crippen molar-refractivity contribution in [2.24, 2.45) is 0 Å². The van der Waals surface area contributed by atoms with Crippen LogP contribution in [-0.4, -0.2) is 22.7 Å². The van der Waals surface area contributed by atoms with E-state index in [9.17, 15) is 9.59 Å². The summed E-state index contributed by atoms with van der Waals surface area (Å²) < 4.78 is 0. The molecule has 0 saturated carbocycles. The van der Waals surface area contributed by atoms with E-state index in [4.69, 9.17) is 0 Å². The third kappa shape index (κ3) is 2.72. The van der Waals surface area contributed by atoms with E-state index in [0.29, 0.717) is 12.0 Å². The van der Waals surface area contributed by atoms with E-state index in [0.717, 1.165) is 0 Å². The highest BCUT2D eigenvalue weighted by molar-refractivity contribution is 5.94. The molecule has 0 aromatic heterocycles. The van der Waals surface area contributed by atoms with Gasteiger partial charge in [0.15, 0.2) is 5.78 Å². The molecule has 1 aliphatic rings. The van der Waals surface area contributed by atoms with Gasteiger partial charge in [-0.3, -0.25) is 20.0 Å². The minimum absolute atomic E-state index is 0.0137. The summed E-state index contributed by atoms with van der Waals surface area (Å²) in [4.78, 5) is 23.0. The monoisotopic (exact) mass is 230 g/mol. The molecule has 1 aromatic rings. The molecule has 1 heterocycles. The van der Waals surface area contributed by atoms with Crippen LogP contribution in [0.25, 0.3) is 0 Å². The van der Waals surface area contributed by atoms with Crippen molar-refractivity contribution in [3.63, 3.8) is 0 Å². The van der Waals surface area contributed by atoms with Crippen molar-refractivity contribution >= 4 is 11.7 Å². The highest BCUT2D eigenvalue weighted by Crippen LogP contribution is 2.10. The fourth-order valence-corrected chi connectivity index (χ4v) is 1.69. The summed E-state index contributed by atoms with van der Waals surface area (Å²) in [6.07, 6.45) is 3.51. The van der Waals surface area contributed by atoms with Crippen LogP contribution in [0.2, 0.25) is 0 Å². The molecule has 0 radical (unpaired) electrons. The Morgan fingerprint density at radius 3 is 2.71 bits per heavy atom. The number of allylic oxidation sites excluding steroid dienone is 1. The zero-order chi connectivity index (χ0) is 12.3. The highest BCUT2D eigenvalue weighted by Gasteiger charge is 2.19. The molecule has 1 unspecified atom stereocenters. The lowest BCUT2D eigenvalue weighted by atomic mass is 10.1. The molecule has 0 saturated heterocycles. The number of carbonyl (C=O) groups is 2. The van der Waals surface area contributed by atoms with Gasteiger partial charge in [0.1, 0.15) is 0 Å². The van der Waals surface area contributed by atoms with Gasteiger partial charge in [-0.15, -0.1) is 0 Å². The Bertz CT molecular complexity index is 454. The summed E-state index contributed by atoms with van der Waals surface area (Å²) in [5.74, 6) is -0.0841. The van der Waals surface area contributed by atoms with Gasteiger partial charge in [-0.2, -0.15) is 0 Å². The van der Waals surface area contributed by atoms with Crippen LogP contribution in [0.4, 0.5) is 0 Å². The second-order valence-electron chi connectivity index (χ2n) is 4.05. The Kier molecular flexibility index (Phi) is 3.23. The number of hydrazine groups is 1. The van der Waals surface area contributed by atoms with Gasteiger partial charge in [0.2, 0.25) is 0 Å². The molecular weight excluding hydrogens is 216 g/mol. The molecule has 4 nitrogen and oxygen atoms in total. The quantitative estimate of drug-likeness (QED) is 0.837. The first-order valence-corrected chi connectivity index (χ1v) is 5.52. The zero-order valence-electron chi connectivity index (χ0n) is 9.59. The van der Waals surface area contributed by atoms with E-state index in [1.807, 2.05) is 25.1 Å². The molecule has 0 aliphatic carbocycles. The first-order valence-electron chi connectivity index (χ1n) is 5.52. The van der Waals surface area contributed by atoms with Crippen LogP contribution in [-0.2, 0) is 4.79 Å². The largest absolute Gasteiger partial charge is 0.295 e. The zero-order valence-corrected chi connectivity index (χ0v) is 9.59. The summed E-state index contributed by atoms with van der Waals surface area (Å²) in [7, 11) is 0. The summed E-state index contributed by atoms with van der Waals surface area (Å²) in [6, 6.07) is 8.97. The first kappa shape index (κ1) is 11.4. The van der Waals surface area contributed by atoms with Crippen molar-refractivity contribution in [1.29, 1.82) is 0 Å². The van der Waals surface area contributed by atoms with Crippen LogP contribution >= 0.6 is 0 Å². The van der Waals surface area contributed by atoms with E-state index in [1.165, 1.54) is 6.08 Å². The molecule has 1 N–H and O–H groups in total. The average molecular weight is 230 g/mol. The number of hydrogen-bond donors (Lipinski definition) is 1. The van der Waals surface area contributed by atoms with Gasteiger partial charge in [0.05, 0.1) is 6.04 Å². The molecular formula is C13H14N2O2. The number of benzene rings is 1. The van der Waals surface area contributed by atoms with E-state index in [2.05, 4.69) is 5.43 Å². The summed E-state index contributed by atoms with van der Waals surface area (Å²) in [6.45, 7) is 1.90. The van der Waals surface area contributed by atoms with Gasteiger partial charge in [0, 0.05) is 18.2 Å². The number of carbonyl (C=O) groups excluding carboxylic acids is 2. The van der Waals surface area contributed by atoms with Crippen LogP contribution in [0.3, 0.4) is 0 Å². The van der Waals surface area contributed by atoms with Crippen LogP contribution in [0.1, 0.15) is 23.7 Å². The van der Waals surface area contributed by atoms with Crippen LogP contribution in [0.15, 0.2) is 42.6 Å². The smallest absolute Gasteiger partial charge is 0.269 e. The van der Waals surface area contributed by atoms with Gasteiger partial charge < -0.3 is 0 Å². The van der Waals surface area contributed by atoms with Gasteiger partial charge in [-0.25, -0.2) is 0 Å². The Morgan fingerprint density at radius 2 is 2.06 bits per heavy atom. The molecule has 17 heavy (non-hydrogen) atoms. The summed E-state index contributed by atoms with van der Waals surface area (Å²) in [5.41, 5.74) is 3.36. The second kappa shape index (κ2) is 4.82. The number of rotatable bonds is 2. The average Bonchev–Trinajstić information content (AvgIpc) is 2.34. The van der Waals surface area contributed by atoms with Gasteiger partial charge >= 0.3 is 0 Å². The molecule has 2 rings (SSSR count). The number of amides is 1. The molecule has 0 fully saturated rings. The van der Waals surface area contributed by atoms with Crippen molar-refractivity contribution in [3.8, 4) is 0 Å². The fourth-order valence-electron chi connectivity index (χ4n) is 1.69.